The van der Waals surface area contributed by atoms with Gasteiger partial charge in [-0.15, -0.1) is 0 Å². The van der Waals surface area contributed by atoms with Gasteiger partial charge in [0.05, 0.1) is 6.54 Å². The van der Waals surface area contributed by atoms with Crippen molar-refractivity contribution in [3.05, 3.63) is 28.8 Å². The normalized spacial score (nSPS) is 13.5. The molecule has 0 heterocycles. The van der Waals surface area contributed by atoms with Gasteiger partial charge in [-0.05, 0) is 44.0 Å². The van der Waals surface area contributed by atoms with Gasteiger partial charge in [0.15, 0.2) is 0 Å². The number of nitrogens with one attached hydrogen (secondary N) is 2. The second-order valence-electron chi connectivity index (χ2n) is 5.25. The number of benzene rings is 1. The van der Waals surface area contributed by atoms with Gasteiger partial charge in [0.2, 0.25) is 5.91 Å². The van der Waals surface area contributed by atoms with Crippen molar-refractivity contribution in [1.29, 1.82) is 0 Å². The summed E-state index contributed by atoms with van der Waals surface area (Å²) in [5, 5.41) is 15.4. The average Bonchev–Trinajstić information content (AvgIpc) is 2.40. The third kappa shape index (κ3) is 5.02. The largest absolute Gasteiger partial charge is 0.480 e. The molecule has 0 radical (unpaired) electrons. The fourth-order valence-corrected chi connectivity index (χ4v) is 2.23. The highest BCUT2D eigenvalue weighted by atomic mass is 35.5. The van der Waals surface area contributed by atoms with Gasteiger partial charge >= 0.3 is 5.97 Å². The summed E-state index contributed by atoms with van der Waals surface area (Å²) in [7, 11) is 0. The van der Waals surface area contributed by atoms with E-state index in [2.05, 4.69) is 10.6 Å². The third-order valence-corrected chi connectivity index (χ3v) is 3.56. The highest BCUT2D eigenvalue weighted by molar-refractivity contribution is 6.30. The van der Waals surface area contributed by atoms with Crippen molar-refractivity contribution in [1.82, 2.24) is 5.32 Å². The Balaban J connectivity index is 2.63. The molecule has 6 heteroatoms. The molecule has 0 aliphatic rings. The average molecular weight is 313 g/mol. The van der Waals surface area contributed by atoms with Crippen molar-refractivity contribution in [2.75, 3.05) is 11.9 Å². The van der Waals surface area contributed by atoms with Crippen LogP contribution in [0.4, 0.5) is 5.69 Å². The topological polar surface area (TPSA) is 78.4 Å². The minimum atomic E-state index is -1.10. The van der Waals surface area contributed by atoms with E-state index in [1.54, 1.807) is 25.1 Å². The number of carbonyl (C=O) groups is 2. The Bertz CT molecular complexity index is 534. The van der Waals surface area contributed by atoms with Gasteiger partial charge in [0.25, 0.3) is 0 Å². The first-order valence-corrected chi connectivity index (χ1v) is 7.20. The maximum absolute atomic E-state index is 11.9. The number of aliphatic carboxylic acids is 1. The van der Waals surface area contributed by atoms with Crippen LogP contribution in [0.3, 0.4) is 0 Å². The van der Waals surface area contributed by atoms with E-state index in [1.807, 2.05) is 13.8 Å². The molecule has 1 unspecified atom stereocenters. The summed E-state index contributed by atoms with van der Waals surface area (Å²) in [5.41, 5.74) is 0.422. The SMILES string of the molecule is CCCC(C)(NCC(=O)Nc1ccc(Cl)cc1C)C(=O)O. The summed E-state index contributed by atoms with van der Waals surface area (Å²) in [5.74, 6) is -1.25. The van der Waals surface area contributed by atoms with Crippen molar-refractivity contribution >= 4 is 29.2 Å². The van der Waals surface area contributed by atoms with Gasteiger partial charge < -0.3 is 10.4 Å². The monoisotopic (exact) mass is 312 g/mol. The van der Waals surface area contributed by atoms with Crippen LogP contribution >= 0.6 is 11.6 Å². The molecule has 116 valence electrons. The lowest BCUT2D eigenvalue weighted by Crippen LogP contribution is -2.51. The standard InChI is InChI=1S/C15H21ClN2O3/c1-4-7-15(3,14(20)21)17-9-13(19)18-12-6-5-11(16)8-10(12)2/h5-6,8,17H,4,7,9H2,1-3H3,(H,18,19)(H,20,21). The number of amides is 1. The molecule has 1 amide bonds. The lowest BCUT2D eigenvalue weighted by molar-refractivity contribution is -0.144. The molecule has 1 aromatic rings. The van der Waals surface area contributed by atoms with Crippen molar-refractivity contribution < 1.29 is 14.7 Å². The number of rotatable bonds is 7. The second kappa shape index (κ2) is 7.43. The molecule has 0 bridgehead atoms. The molecular formula is C15H21ClN2O3. The van der Waals surface area contributed by atoms with Crippen LogP contribution in [0.5, 0.6) is 0 Å². The van der Waals surface area contributed by atoms with E-state index in [0.717, 1.165) is 5.56 Å². The van der Waals surface area contributed by atoms with Crippen molar-refractivity contribution in [2.45, 2.75) is 39.2 Å². The number of aryl methyl sites for hydroxylation is 1. The number of halogens is 1. The summed E-state index contributed by atoms with van der Waals surface area (Å²) in [6, 6.07) is 5.16. The predicted molar refractivity (Wildman–Crippen MR) is 83.8 cm³/mol. The molecule has 21 heavy (non-hydrogen) atoms. The van der Waals surface area contributed by atoms with Crippen LogP contribution < -0.4 is 10.6 Å². The van der Waals surface area contributed by atoms with Crippen LogP contribution in [-0.2, 0) is 9.59 Å². The second-order valence-corrected chi connectivity index (χ2v) is 5.68. The van der Waals surface area contributed by atoms with Crippen molar-refractivity contribution in [3.8, 4) is 0 Å². The van der Waals surface area contributed by atoms with Gasteiger partial charge in [-0.1, -0.05) is 24.9 Å². The van der Waals surface area contributed by atoms with Crippen molar-refractivity contribution in [2.24, 2.45) is 0 Å². The van der Waals surface area contributed by atoms with Crippen LogP contribution in [0.25, 0.3) is 0 Å². The molecule has 0 saturated heterocycles. The Kier molecular flexibility index (Phi) is 6.18. The number of hydrogen-bond acceptors (Lipinski definition) is 3. The zero-order valence-corrected chi connectivity index (χ0v) is 13.3. The summed E-state index contributed by atoms with van der Waals surface area (Å²) in [6.07, 6.45) is 1.17. The number of carboxylic acid groups (broad SMARTS) is 1. The molecule has 5 nitrogen and oxygen atoms in total. The molecule has 1 aromatic carbocycles. The van der Waals surface area contributed by atoms with Gasteiger partial charge in [-0.3, -0.25) is 14.9 Å². The molecule has 1 rings (SSSR count). The Morgan fingerprint density at radius 1 is 1.38 bits per heavy atom. The lowest BCUT2D eigenvalue weighted by Gasteiger charge is -2.25. The number of hydrogen-bond donors (Lipinski definition) is 3. The summed E-state index contributed by atoms with van der Waals surface area (Å²) >= 11 is 5.85. The van der Waals surface area contributed by atoms with E-state index < -0.39 is 11.5 Å². The van der Waals surface area contributed by atoms with Crippen LogP contribution in [-0.4, -0.2) is 29.1 Å². The van der Waals surface area contributed by atoms with Gasteiger partial charge in [-0.2, -0.15) is 0 Å². The highest BCUT2D eigenvalue weighted by Crippen LogP contribution is 2.19. The minimum absolute atomic E-state index is 0.0646. The minimum Gasteiger partial charge on any atom is -0.480 e. The molecule has 1 atom stereocenters. The van der Waals surface area contributed by atoms with Crippen LogP contribution in [0, 0.1) is 6.92 Å². The van der Waals surface area contributed by atoms with E-state index in [-0.39, 0.29) is 12.5 Å². The van der Waals surface area contributed by atoms with Gasteiger partial charge in [0, 0.05) is 10.7 Å². The van der Waals surface area contributed by atoms with E-state index in [1.165, 1.54) is 0 Å². The van der Waals surface area contributed by atoms with E-state index in [4.69, 9.17) is 11.6 Å². The maximum Gasteiger partial charge on any atom is 0.323 e. The fourth-order valence-electron chi connectivity index (χ4n) is 2.01. The van der Waals surface area contributed by atoms with Crippen molar-refractivity contribution in [3.63, 3.8) is 0 Å². The smallest absolute Gasteiger partial charge is 0.323 e. The van der Waals surface area contributed by atoms with E-state index >= 15 is 0 Å². The van der Waals surface area contributed by atoms with E-state index in [0.29, 0.717) is 23.6 Å². The molecule has 0 saturated carbocycles. The number of carbonyl (C=O) groups excluding carboxylic acids is 1. The summed E-state index contributed by atoms with van der Waals surface area (Å²) in [6.45, 7) is 5.26. The molecule has 0 fully saturated rings. The quantitative estimate of drug-likeness (QED) is 0.723. The predicted octanol–water partition coefficient (Wildman–Crippen LogP) is 2.82. The van der Waals surface area contributed by atoms with E-state index in [9.17, 15) is 14.7 Å². The summed E-state index contributed by atoms with van der Waals surface area (Å²) in [4.78, 5) is 23.2. The van der Waals surface area contributed by atoms with Gasteiger partial charge in [0.1, 0.15) is 5.54 Å². The maximum atomic E-state index is 11.9. The zero-order valence-electron chi connectivity index (χ0n) is 12.5. The first-order chi connectivity index (χ1) is 9.78. The molecule has 3 N–H and O–H groups in total. The first-order valence-electron chi connectivity index (χ1n) is 6.83. The molecule has 0 aromatic heterocycles. The highest BCUT2D eigenvalue weighted by Gasteiger charge is 2.31. The molecule has 0 spiro atoms. The van der Waals surface area contributed by atoms with Crippen LogP contribution in [0.15, 0.2) is 18.2 Å². The third-order valence-electron chi connectivity index (χ3n) is 3.32. The Morgan fingerprint density at radius 3 is 2.57 bits per heavy atom. The summed E-state index contributed by atoms with van der Waals surface area (Å²) < 4.78 is 0. The van der Waals surface area contributed by atoms with Gasteiger partial charge in [-0.25, -0.2) is 0 Å². The first kappa shape index (κ1) is 17.5. The lowest BCUT2D eigenvalue weighted by atomic mass is 9.96. The van der Waals surface area contributed by atoms with Crippen LogP contribution in [0.2, 0.25) is 5.02 Å². The Labute approximate surface area is 129 Å². The fraction of sp³-hybridized carbons (Fsp3) is 0.467. The zero-order chi connectivity index (χ0) is 16.0. The molecule has 0 aliphatic heterocycles. The molecular weight excluding hydrogens is 292 g/mol. The van der Waals surface area contributed by atoms with Crippen LogP contribution in [0.1, 0.15) is 32.3 Å². The number of anilines is 1. The Hall–Kier alpha value is -1.59. The Morgan fingerprint density at radius 2 is 2.05 bits per heavy atom. The molecule has 0 aliphatic carbocycles. The number of carboxylic acids is 1.